The van der Waals surface area contributed by atoms with Gasteiger partial charge in [0, 0.05) is 46.5 Å². The minimum absolute atomic E-state index is 0.0380. The van der Waals surface area contributed by atoms with Crippen molar-refractivity contribution >= 4 is 46.3 Å². The van der Waals surface area contributed by atoms with Crippen molar-refractivity contribution in [3.63, 3.8) is 0 Å². The van der Waals surface area contributed by atoms with Crippen LogP contribution in [0.2, 0.25) is 10.0 Å². The Morgan fingerprint density at radius 3 is 2.00 bits per heavy atom. The first-order valence-electron chi connectivity index (χ1n) is 15.3. The number of rotatable bonds is 9. The molecule has 0 aromatic heterocycles. The van der Waals surface area contributed by atoms with Crippen LogP contribution in [0.4, 0.5) is 11.4 Å². The fourth-order valence-electron chi connectivity index (χ4n) is 6.32. The molecule has 0 spiro atoms. The van der Waals surface area contributed by atoms with E-state index in [2.05, 4.69) is 34.5 Å². The van der Waals surface area contributed by atoms with Crippen LogP contribution in [0.25, 0.3) is 11.1 Å². The van der Waals surface area contributed by atoms with Gasteiger partial charge in [0.25, 0.3) is 0 Å². The van der Waals surface area contributed by atoms with Gasteiger partial charge in [-0.3, -0.25) is 9.59 Å². The van der Waals surface area contributed by atoms with E-state index in [-0.39, 0.29) is 23.5 Å². The largest absolute Gasteiger partial charge is 0.372 e. The van der Waals surface area contributed by atoms with Crippen LogP contribution in [0.15, 0.2) is 127 Å². The summed E-state index contributed by atoms with van der Waals surface area (Å²) in [5.41, 5.74) is 6.24. The van der Waals surface area contributed by atoms with Gasteiger partial charge in [0.05, 0.1) is 5.92 Å². The summed E-state index contributed by atoms with van der Waals surface area (Å²) >= 11 is 12.5. The summed E-state index contributed by atoms with van der Waals surface area (Å²) in [6.07, 6.45) is 2.11. The van der Waals surface area contributed by atoms with Crippen molar-refractivity contribution in [1.29, 1.82) is 0 Å². The molecule has 0 aliphatic carbocycles. The number of ketones is 1. The Balaban J connectivity index is 1.11. The van der Waals surface area contributed by atoms with E-state index in [4.69, 9.17) is 23.2 Å². The number of benzene rings is 5. The Morgan fingerprint density at radius 1 is 0.733 bits per heavy atom. The highest BCUT2D eigenvalue weighted by Crippen LogP contribution is 2.36. The number of nitrogens with zero attached hydrogens (tertiary/aromatic N) is 1. The molecule has 1 atom stereocenters. The maximum Gasteiger partial charge on any atom is 0.232 e. The van der Waals surface area contributed by atoms with E-state index in [0.29, 0.717) is 22.0 Å². The molecule has 0 bridgehead atoms. The van der Waals surface area contributed by atoms with Gasteiger partial charge in [-0.15, -0.1) is 0 Å². The van der Waals surface area contributed by atoms with Gasteiger partial charge < -0.3 is 10.2 Å². The number of carbonyl (C=O) groups is 2. The van der Waals surface area contributed by atoms with Crippen LogP contribution in [-0.2, 0) is 11.2 Å². The van der Waals surface area contributed by atoms with Gasteiger partial charge in [0.1, 0.15) is 0 Å². The van der Waals surface area contributed by atoms with E-state index >= 15 is 0 Å². The number of Topliss-reactive ketones (excluding diaryl/α,β-unsaturated/α-hetero) is 1. The quantitative estimate of drug-likeness (QED) is 0.165. The number of piperidine rings is 1. The smallest absolute Gasteiger partial charge is 0.232 e. The van der Waals surface area contributed by atoms with Crippen LogP contribution in [0.5, 0.6) is 0 Å². The number of hydrogen-bond acceptors (Lipinski definition) is 3. The Kier molecular flexibility index (Phi) is 9.63. The standard InChI is InChI=1S/C39H34Cl2N2O2/c40-31-24-30(25-32(41)26-31)35-13-7-8-14-36(35)37(44)23-27-15-17-34(18-16-27)43-21-19-29(20-22-43)38(28-9-3-1-4-10-28)39(45)42-33-11-5-2-6-12-33/h1-18,24-26,29,38H,19-23H2,(H,42,45). The molecule has 1 fully saturated rings. The topological polar surface area (TPSA) is 49.4 Å². The first-order chi connectivity index (χ1) is 21.9. The molecule has 45 heavy (non-hydrogen) atoms. The molecule has 5 aromatic rings. The summed E-state index contributed by atoms with van der Waals surface area (Å²) in [6, 6.07) is 41.0. The molecule has 4 nitrogen and oxygen atoms in total. The molecule has 1 aliphatic rings. The predicted octanol–water partition coefficient (Wildman–Crippen LogP) is 9.72. The molecule has 1 aliphatic heterocycles. The average Bonchev–Trinajstić information content (AvgIpc) is 3.06. The third-order valence-electron chi connectivity index (χ3n) is 8.56. The molecular weight excluding hydrogens is 599 g/mol. The first kappa shape index (κ1) is 30.6. The third-order valence-corrected chi connectivity index (χ3v) is 9.00. The van der Waals surface area contributed by atoms with Crippen molar-refractivity contribution in [1.82, 2.24) is 0 Å². The lowest BCUT2D eigenvalue weighted by Crippen LogP contribution is -2.38. The second-order valence-corrected chi connectivity index (χ2v) is 12.4. The zero-order chi connectivity index (χ0) is 31.2. The second kappa shape index (κ2) is 14.2. The maximum absolute atomic E-state index is 13.6. The van der Waals surface area contributed by atoms with E-state index in [1.54, 1.807) is 6.07 Å². The van der Waals surface area contributed by atoms with E-state index in [1.807, 2.05) is 97.1 Å². The maximum atomic E-state index is 13.6. The highest BCUT2D eigenvalue weighted by atomic mass is 35.5. The van der Waals surface area contributed by atoms with Crippen LogP contribution < -0.4 is 10.2 Å². The Hall–Kier alpha value is -4.38. The lowest BCUT2D eigenvalue weighted by molar-refractivity contribution is -0.118. The number of nitrogens with one attached hydrogen (secondary N) is 1. The number of amides is 1. The highest BCUT2D eigenvalue weighted by Gasteiger charge is 2.33. The Morgan fingerprint density at radius 2 is 1.33 bits per heavy atom. The SMILES string of the molecule is O=C(Cc1ccc(N2CCC(C(C(=O)Nc3ccccc3)c3ccccc3)CC2)cc1)c1ccccc1-c1cc(Cl)cc(Cl)c1. The number of anilines is 2. The van der Waals surface area contributed by atoms with Crippen molar-refractivity contribution in [3.05, 3.63) is 154 Å². The number of carbonyl (C=O) groups excluding carboxylic acids is 2. The fraction of sp³-hybridized carbons (Fsp3) is 0.179. The summed E-state index contributed by atoms with van der Waals surface area (Å²) in [4.78, 5) is 29.4. The van der Waals surface area contributed by atoms with Gasteiger partial charge in [-0.25, -0.2) is 0 Å². The van der Waals surface area contributed by atoms with Crippen molar-refractivity contribution in [2.24, 2.45) is 5.92 Å². The fourth-order valence-corrected chi connectivity index (χ4v) is 6.85. The van der Waals surface area contributed by atoms with Gasteiger partial charge in [-0.1, -0.05) is 108 Å². The monoisotopic (exact) mass is 632 g/mol. The second-order valence-electron chi connectivity index (χ2n) is 11.5. The molecule has 1 amide bonds. The van der Waals surface area contributed by atoms with Crippen LogP contribution in [0.3, 0.4) is 0 Å². The Bertz CT molecular complexity index is 1750. The first-order valence-corrected chi connectivity index (χ1v) is 16.0. The Labute approximate surface area is 274 Å². The zero-order valence-electron chi connectivity index (χ0n) is 24.8. The number of hydrogen-bond donors (Lipinski definition) is 1. The molecule has 6 heteroatoms. The summed E-state index contributed by atoms with van der Waals surface area (Å²) in [6.45, 7) is 1.72. The molecule has 0 radical (unpaired) electrons. The molecule has 1 N–H and O–H groups in total. The zero-order valence-corrected chi connectivity index (χ0v) is 26.3. The van der Waals surface area contributed by atoms with Gasteiger partial charge in [-0.05, 0) is 83.5 Å². The molecule has 1 unspecified atom stereocenters. The summed E-state index contributed by atoms with van der Waals surface area (Å²) in [5.74, 6) is 0.0994. The molecule has 1 saturated heterocycles. The molecule has 226 valence electrons. The highest BCUT2D eigenvalue weighted by molar-refractivity contribution is 6.35. The van der Waals surface area contributed by atoms with Crippen LogP contribution in [-0.4, -0.2) is 24.8 Å². The van der Waals surface area contributed by atoms with Crippen molar-refractivity contribution in [2.75, 3.05) is 23.3 Å². The van der Waals surface area contributed by atoms with Gasteiger partial charge in [0.15, 0.2) is 5.78 Å². The van der Waals surface area contributed by atoms with E-state index in [1.165, 1.54) is 0 Å². The average molecular weight is 634 g/mol. The van der Waals surface area contributed by atoms with Crippen molar-refractivity contribution in [2.45, 2.75) is 25.2 Å². The van der Waals surface area contributed by atoms with Crippen molar-refractivity contribution in [3.8, 4) is 11.1 Å². The number of para-hydroxylation sites is 1. The lowest BCUT2D eigenvalue weighted by Gasteiger charge is -2.37. The van der Waals surface area contributed by atoms with E-state index in [0.717, 1.165) is 59.6 Å². The molecule has 5 aromatic carbocycles. The summed E-state index contributed by atoms with van der Waals surface area (Å²) in [7, 11) is 0. The third kappa shape index (κ3) is 7.47. The van der Waals surface area contributed by atoms with E-state index < -0.39 is 0 Å². The predicted molar refractivity (Wildman–Crippen MR) is 186 cm³/mol. The van der Waals surface area contributed by atoms with Gasteiger partial charge in [0.2, 0.25) is 5.91 Å². The van der Waals surface area contributed by atoms with Crippen LogP contribution >= 0.6 is 23.2 Å². The molecule has 6 rings (SSSR count). The molecular formula is C39H34Cl2N2O2. The molecule has 0 saturated carbocycles. The number of halogens is 2. The minimum atomic E-state index is -0.215. The molecule has 1 heterocycles. The lowest BCUT2D eigenvalue weighted by atomic mass is 9.79. The minimum Gasteiger partial charge on any atom is -0.372 e. The van der Waals surface area contributed by atoms with Crippen LogP contribution in [0.1, 0.15) is 40.2 Å². The normalized spacial score (nSPS) is 14.1. The van der Waals surface area contributed by atoms with Crippen molar-refractivity contribution < 1.29 is 9.59 Å². The summed E-state index contributed by atoms with van der Waals surface area (Å²) in [5, 5.41) is 4.21. The van der Waals surface area contributed by atoms with E-state index in [9.17, 15) is 9.59 Å². The van der Waals surface area contributed by atoms with Crippen LogP contribution in [0, 0.1) is 5.92 Å². The summed E-state index contributed by atoms with van der Waals surface area (Å²) < 4.78 is 0. The van der Waals surface area contributed by atoms with Gasteiger partial charge >= 0.3 is 0 Å². The van der Waals surface area contributed by atoms with Gasteiger partial charge in [-0.2, -0.15) is 0 Å².